The van der Waals surface area contributed by atoms with Crippen molar-refractivity contribution in [3.05, 3.63) is 58.9 Å². The highest BCUT2D eigenvalue weighted by atomic mass is 16.1. The van der Waals surface area contributed by atoms with E-state index in [1.54, 1.807) is 4.40 Å². The van der Waals surface area contributed by atoms with E-state index in [4.69, 9.17) is 0 Å². The van der Waals surface area contributed by atoms with E-state index >= 15 is 0 Å². The van der Waals surface area contributed by atoms with Crippen molar-refractivity contribution < 1.29 is 0 Å². The lowest BCUT2D eigenvalue weighted by atomic mass is 10.2. The van der Waals surface area contributed by atoms with Crippen LogP contribution in [0, 0.1) is 0 Å². The predicted molar refractivity (Wildman–Crippen MR) is 99.7 cm³/mol. The van der Waals surface area contributed by atoms with Gasteiger partial charge in [0.25, 0.3) is 5.56 Å². The molecule has 1 N–H and O–H groups in total. The average Bonchev–Trinajstić information content (AvgIpc) is 2.89. The molecule has 0 atom stereocenters. The monoisotopic (exact) mass is 318 g/mol. The molecule has 0 amide bonds. The number of para-hydroxylation sites is 2. The molecular weight excluding hydrogens is 300 g/mol. The van der Waals surface area contributed by atoms with E-state index in [0.717, 1.165) is 34.3 Å². The van der Waals surface area contributed by atoms with Crippen molar-refractivity contribution in [2.45, 2.75) is 0 Å². The van der Waals surface area contributed by atoms with Gasteiger partial charge in [0.2, 0.25) is 0 Å². The van der Waals surface area contributed by atoms with Gasteiger partial charge >= 0.3 is 0 Å². The average molecular weight is 318 g/mol. The summed E-state index contributed by atoms with van der Waals surface area (Å²) in [6.07, 6.45) is 1.87. The molecule has 4 aromatic rings. The molecule has 5 heteroatoms. The van der Waals surface area contributed by atoms with Gasteiger partial charge in [-0.1, -0.05) is 30.3 Å². The second kappa shape index (κ2) is 5.62. The third kappa shape index (κ3) is 2.21. The summed E-state index contributed by atoms with van der Waals surface area (Å²) < 4.78 is 1.72. The van der Waals surface area contributed by atoms with Crippen LogP contribution in [0.3, 0.4) is 0 Å². The van der Waals surface area contributed by atoms with Crippen LogP contribution in [0.25, 0.3) is 27.5 Å². The maximum atomic E-state index is 13.0. The van der Waals surface area contributed by atoms with Gasteiger partial charge in [-0.15, -0.1) is 0 Å². The summed E-state index contributed by atoms with van der Waals surface area (Å²) >= 11 is 0. The maximum absolute atomic E-state index is 13.0. The number of nitrogens with one attached hydrogen (secondary N) is 1. The highest BCUT2D eigenvalue weighted by Gasteiger charge is 2.15. The molecule has 0 spiro atoms. The van der Waals surface area contributed by atoms with E-state index in [1.165, 1.54) is 0 Å². The number of nitrogens with zero attached hydrogens (tertiary/aromatic N) is 3. The zero-order chi connectivity index (χ0) is 16.7. The Labute approximate surface area is 138 Å². The number of H-pyrrole nitrogens is 1. The zero-order valence-electron chi connectivity index (χ0n) is 13.7. The number of rotatable bonds is 3. The van der Waals surface area contributed by atoms with Crippen LogP contribution in [0.2, 0.25) is 0 Å². The molecule has 24 heavy (non-hydrogen) atoms. The predicted octanol–water partition coefficient (Wildman–Crippen LogP) is 3.20. The molecule has 0 bridgehead atoms. The number of hydrogen-bond donors (Lipinski definition) is 1. The fourth-order valence-corrected chi connectivity index (χ4v) is 3.00. The van der Waals surface area contributed by atoms with E-state index in [-0.39, 0.29) is 5.56 Å². The molecule has 0 aliphatic carbocycles. The molecule has 2 aromatic carbocycles. The SMILES string of the molecule is CN(C)CC=Nc1c2ccccc2n2c(=O)c3ccccc3[nH]c12. The van der Waals surface area contributed by atoms with Gasteiger partial charge in [-0.25, -0.2) is 0 Å². The van der Waals surface area contributed by atoms with Crippen molar-refractivity contribution in [2.75, 3.05) is 20.6 Å². The van der Waals surface area contributed by atoms with Gasteiger partial charge in [-0.2, -0.15) is 0 Å². The van der Waals surface area contributed by atoms with Crippen LogP contribution in [0.4, 0.5) is 5.69 Å². The van der Waals surface area contributed by atoms with Crippen LogP contribution in [0.15, 0.2) is 58.3 Å². The topological polar surface area (TPSA) is 52.9 Å². The van der Waals surface area contributed by atoms with Crippen molar-refractivity contribution in [3.8, 4) is 0 Å². The minimum absolute atomic E-state index is 0.0235. The van der Waals surface area contributed by atoms with E-state index in [9.17, 15) is 4.79 Å². The van der Waals surface area contributed by atoms with E-state index in [2.05, 4.69) is 9.98 Å². The minimum atomic E-state index is -0.0235. The van der Waals surface area contributed by atoms with Crippen LogP contribution in [0.5, 0.6) is 0 Å². The number of aliphatic imine (C=N–C) groups is 1. The van der Waals surface area contributed by atoms with E-state index < -0.39 is 0 Å². The second-order valence-corrected chi connectivity index (χ2v) is 6.10. The van der Waals surface area contributed by atoms with Gasteiger partial charge in [0, 0.05) is 18.1 Å². The van der Waals surface area contributed by atoms with Gasteiger partial charge in [-0.05, 0) is 32.3 Å². The van der Waals surface area contributed by atoms with Gasteiger partial charge < -0.3 is 9.88 Å². The second-order valence-electron chi connectivity index (χ2n) is 6.10. The van der Waals surface area contributed by atoms with Crippen molar-refractivity contribution in [2.24, 2.45) is 4.99 Å². The first kappa shape index (κ1) is 14.7. The Morgan fingerprint density at radius 2 is 1.79 bits per heavy atom. The van der Waals surface area contributed by atoms with Crippen molar-refractivity contribution in [1.82, 2.24) is 14.3 Å². The largest absolute Gasteiger partial charge is 0.339 e. The Morgan fingerprint density at radius 3 is 2.58 bits per heavy atom. The third-order valence-corrected chi connectivity index (χ3v) is 4.13. The molecule has 0 saturated heterocycles. The van der Waals surface area contributed by atoms with Crippen molar-refractivity contribution in [1.29, 1.82) is 0 Å². The number of hydrogen-bond acceptors (Lipinski definition) is 3. The minimum Gasteiger partial charge on any atom is -0.339 e. The number of aromatic amines is 1. The molecule has 120 valence electrons. The third-order valence-electron chi connectivity index (χ3n) is 4.13. The first-order chi connectivity index (χ1) is 11.7. The molecular formula is C19H18N4O. The van der Waals surface area contributed by atoms with Gasteiger partial charge in [0.15, 0.2) is 0 Å². The quantitative estimate of drug-likeness (QED) is 0.590. The summed E-state index contributed by atoms with van der Waals surface area (Å²) in [6.45, 7) is 0.740. The van der Waals surface area contributed by atoms with E-state index in [0.29, 0.717) is 5.39 Å². The fourth-order valence-electron chi connectivity index (χ4n) is 3.00. The Morgan fingerprint density at radius 1 is 1.08 bits per heavy atom. The summed E-state index contributed by atoms with van der Waals surface area (Å²) in [5.41, 5.74) is 3.20. The van der Waals surface area contributed by atoms with Crippen LogP contribution >= 0.6 is 0 Å². The molecule has 0 radical (unpaired) electrons. The summed E-state index contributed by atoms with van der Waals surface area (Å²) in [5.74, 6) is 0. The lowest BCUT2D eigenvalue weighted by molar-refractivity contribution is 0.473. The Bertz CT molecular complexity index is 1130. The molecule has 4 rings (SSSR count). The molecule has 2 aromatic heterocycles. The highest BCUT2D eigenvalue weighted by molar-refractivity contribution is 6.02. The highest BCUT2D eigenvalue weighted by Crippen LogP contribution is 2.32. The maximum Gasteiger partial charge on any atom is 0.266 e. The molecule has 0 saturated carbocycles. The lowest BCUT2D eigenvalue weighted by Crippen LogP contribution is -2.14. The fraction of sp³-hybridized carbons (Fsp3) is 0.158. The Kier molecular flexibility index (Phi) is 3.43. The standard InChI is InChI=1S/C19H18N4O/c1-22(2)12-11-20-17-14-8-4-6-10-16(14)23-18(17)21-15-9-5-3-7-13(15)19(23)24/h3-11,21H,12H2,1-2H3. The molecule has 0 aliphatic heterocycles. The molecule has 0 aliphatic rings. The summed E-state index contributed by atoms with van der Waals surface area (Å²) in [7, 11) is 3.99. The van der Waals surface area contributed by atoms with Gasteiger partial charge in [0.1, 0.15) is 11.3 Å². The molecule has 5 nitrogen and oxygen atoms in total. The van der Waals surface area contributed by atoms with Crippen molar-refractivity contribution in [3.63, 3.8) is 0 Å². The number of fused-ring (bicyclic) bond motifs is 4. The normalized spacial score (nSPS) is 12.3. The van der Waals surface area contributed by atoms with Crippen molar-refractivity contribution >= 4 is 39.4 Å². The van der Waals surface area contributed by atoms with Gasteiger partial charge in [-0.3, -0.25) is 14.2 Å². The van der Waals surface area contributed by atoms with Gasteiger partial charge in [0.05, 0.1) is 16.4 Å². The first-order valence-electron chi connectivity index (χ1n) is 7.88. The van der Waals surface area contributed by atoms with Crippen LogP contribution in [0.1, 0.15) is 0 Å². The first-order valence-corrected chi connectivity index (χ1v) is 7.88. The summed E-state index contributed by atoms with van der Waals surface area (Å²) in [4.78, 5) is 23.1. The van der Waals surface area contributed by atoms with E-state index in [1.807, 2.05) is 73.7 Å². The molecule has 0 fully saturated rings. The molecule has 2 heterocycles. The Balaban J connectivity index is 2.12. The Hall–Kier alpha value is -2.92. The number of benzene rings is 2. The van der Waals surface area contributed by atoms with Crippen LogP contribution in [-0.2, 0) is 0 Å². The van der Waals surface area contributed by atoms with Crippen LogP contribution < -0.4 is 5.56 Å². The smallest absolute Gasteiger partial charge is 0.266 e. The van der Waals surface area contributed by atoms with Crippen LogP contribution in [-0.4, -0.2) is 41.1 Å². The molecule has 0 unspecified atom stereocenters. The lowest BCUT2D eigenvalue weighted by Gasteiger charge is -2.03. The zero-order valence-corrected chi connectivity index (χ0v) is 13.7. The summed E-state index contributed by atoms with van der Waals surface area (Å²) in [5, 5.41) is 1.64. The number of aromatic nitrogens is 2. The summed E-state index contributed by atoms with van der Waals surface area (Å²) in [6, 6.07) is 15.4.